The highest BCUT2D eigenvalue weighted by Gasteiger charge is 2.48. The molecule has 0 unspecified atom stereocenters. The molecular weight excluding hydrogens is 348 g/mol. The highest BCUT2D eigenvalue weighted by molar-refractivity contribution is 9.10. The molecule has 3 rings (SSSR count). The normalized spacial score (nSPS) is 19.9. The molecule has 0 saturated heterocycles. The van der Waals surface area contributed by atoms with Gasteiger partial charge in [0, 0.05) is 15.5 Å². The predicted octanol–water partition coefficient (Wildman–Crippen LogP) is 4.29. The molecule has 0 aliphatic heterocycles. The van der Waals surface area contributed by atoms with Crippen LogP contribution in [0.4, 0.5) is 0 Å². The maximum atomic E-state index is 11.2. The molecule has 0 radical (unpaired) electrons. The predicted molar refractivity (Wildman–Crippen MR) is 86.7 cm³/mol. The fraction of sp³-hybridized carbons (Fsp3) is 0.588. The molecule has 120 valence electrons. The van der Waals surface area contributed by atoms with Crippen molar-refractivity contribution in [2.45, 2.75) is 56.5 Å². The summed E-state index contributed by atoms with van der Waals surface area (Å²) < 4.78 is 12.7. The van der Waals surface area contributed by atoms with Gasteiger partial charge in [0.05, 0.1) is 19.6 Å². The number of carbonyl (C=O) groups is 1. The Bertz CT molecular complexity index is 574. The molecule has 22 heavy (non-hydrogen) atoms. The number of hydrogen-bond donors (Lipinski definition) is 1. The van der Waals surface area contributed by atoms with Gasteiger partial charge >= 0.3 is 5.97 Å². The van der Waals surface area contributed by atoms with Gasteiger partial charge in [-0.1, -0.05) is 15.9 Å². The minimum absolute atomic E-state index is 0.146. The first kappa shape index (κ1) is 15.7. The number of benzene rings is 1. The quantitative estimate of drug-likeness (QED) is 0.813. The Hall–Kier alpha value is -1.23. The first-order chi connectivity index (χ1) is 10.5. The van der Waals surface area contributed by atoms with E-state index >= 15 is 0 Å². The standard InChI is InChI=1S/C17H21BrO4/c1-21-14-9-11(18)8-13(17(6-7-17)10-15(19)20)16(14)22-12-4-2-3-5-12/h8-9,12H,2-7,10H2,1H3,(H,19,20). The van der Waals surface area contributed by atoms with E-state index in [1.807, 2.05) is 12.1 Å². The van der Waals surface area contributed by atoms with Crippen LogP contribution in [0.2, 0.25) is 0 Å². The Morgan fingerprint density at radius 3 is 2.59 bits per heavy atom. The van der Waals surface area contributed by atoms with Crippen molar-refractivity contribution < 1.29 is 19.4 Å². The molecule has 0 aromatic heterocycles. The average Bonchev–Trinajstić information content (AvgIpc) is 3.05. The van der Waals surface area contributed by atoms with Crippen molar-refractivity contribution in [1.29, 1.82) is 0 Å². The summed E-state index contributed by atoms with van der Waals surface area (Å²) in [6.45, 7) is 0. The van der Waals surface area contributed by atoms with Crippen molar-refractivity contribution in [3.05, 3.63) is 22.2 Å². The van der Waals surface area contributed by atoms with Gasteiger partial charge in [-0.3, -0.25) is 4.79 Å². The van der Waals surface area contributed by atoms with E-state index in [-0.39, 0.29) is 17.9 Å². The zero-order chi connectivity index (χ0) is 15.7. The van der Waals surface area contributed by atoms with Crippen LogP contribution >= 0.6 is 15.9 Å². The highest BCUT2D eigenvalue weighted by atomic mass is 79.9. The summed E-state index contributed by atoms with van der Waals surface area (Å²) in [6, 6.07) is 3.90. The van der Waals surface area contributed by atoms with E-state index < -0.39 is 5.97 Å². The second-order valence-electron chi connectivity index (χ2n) is 6.36. The van der Waals surface area contributed by atoms with E-state index in [4.69, 9.17) is 9.47 Å². The van der Waals surface area contributed by atoms with Crippen LogP contribution in [-0.2, 0) is 10.2 Å². The number of ether oxygens (including phenoxy) is 2. The molecule has 2 aliphatic rings. The third-order valence-corrected chi connectivity index (χ3v) is 5.20. The van der Waals surface area contributed by atoms with Crippen molar-refractivity contribution in [1.82, 2.24) is 0 Å². The molecule has 0 bridgehead atoms. The molecule has 0 amide bonds. The number of aliphatic carboxylic acids is 1. The van der Waals surface area contributed by atoms with Gasteiger partial charge in [-0.05, 0) is 50.7 Å². The molecule has 1 aromatic rings. The lowest BCUT2D eigenvalue weighted by Crippen LogP contribution is -2.18. The summed E-state index contributed by atoms with van der Waals surface area (Å²) in [5.41, 5.74) is 0.685. The summed E-state index contributed by atoms with van der Waals surface area (Å²) in [6.07, 6.45) is 6.65. The van der Waals surface area contributed by atoms with E-state index in [1.165, 1.54) is 12.8 Å². The van der Waals surface area contributed by atoms with Crippen LogP contribution in [0.25, 0.3) is 0 Å². The first-order valence-corrected chi connectivity index (χ1v) is 8.60. The number of halogens is 1. The van der Waals surface area contributed by atoms with E-state index in [1.54, 1.807) is 7.11 Å². The lowest BCUT2D eigenvalue weighted by atomic mass is 9.91. The van der Waals surface area contributed by atoms with E-state index in [0.717, 1.165) is 41.5 Å². The van der Waals surface area contributed by atoms with Gasteiger partial charge in [-0.25, -0.2) is 0 Å². The molecule has 4 nitrogen and oxygen atoms in total. The summed E-state index contributed by atoms with van der Waals surface area (Å²) in [5, 5.41) is 9.24. The zero-order valence-corrected chi connectivity index (χ0v) is 14.3. The van der Waals surface area contributed by atoms with Crippen LogP contribution in [0.5, 0.6) is 11.5 Å². The minimum atomic E-state index is -0.761. The maximum Gasteiger partial charge on any atom is 0.304 e. The van der Waals surface area contributed by atoms with Crippen LogP contribution in [0, 0.1) is 0 Å². The third kappa shape index (κ3) is 3.09. The molecule has 0 heterocycles. The molecule has 2 aliphatic carbocycles. The number of carboxylic acids is 1. The second kappa shape index (κ2) is 6.11. The molecule has 1 N–H and O–H groups in total. The van der Waals surface area contributed by atoms with Crippen LogP contribution in [0.15, 0.2) is 16.6 Å². The highest BCUT2D eigenvalue weighted by Crippen LogP contribution is 2.56. The van der Waals surface area contributed by atoms with Crippen molar-refractivity contribution in [3.8, 4) is 11.5 Å². The molecular formula is C17H21BrO4. The topological polar surface area (TPSA) is 55.8 Å². The average molecular weight is 369 g/mol. The summed E-state index contributed by atoms with van der Waals surface area (Å²) >= 11 is 3.50. The molecule has 0 atom stereocenters. The van der Waals surface area contributed by atoms with Gasteiger partial charge in [-0.15, -0.1) is 0 Å². The number of hydrogen-bond acceptors (Lipinski definition) is 3. The van der Waals surface area contributed by atoms with E-state index in [9.17, 15) is 9.90 Å². The fourth-order valence-electron chi connectivity index (χ4n) is 3.39. The largest absolute Gasteiger partial charge is 0.493 e. The monoisotopic (exact) mass is 368 g/mol. The molecule has 1 aromatic carbocycles. The molecule has 5 heteroatoms. The summed E-state index contributed by atoms with van der Waals surface area (Å²) in [4.78, 5) is 11.2. The first-order valence-electron chi connectivity index (χ1n) is 7.80. The Morgan fingerprint density at radius 2 is 2.05 bits per heavy atom. The Labute approximate surface area is 138 Å². The Balaban J connectivity index is 1.99. The van der Waals surface area contributed by atoms with Crippen molar-refractivity contribution in [3.63, 3.8) is 0 Å². The van der Waals surface area contributed by atoms with Crippen LogP contribution in [-0.4, -0.2) is 24.3 Å². The fourth-order valence-corrected chi connectivity index (χ4v) is 3.83. The lowest BCUT2D eigenvalue weighted by molar-refractivity contribution is -0.137. The van der Waals surface area contributed by atoms with Gasteiger partial charge in [0.2, 0.25) is 0 Å². The second-order valence-corrected chi connectivity index (χ2v) is 7.28. The Kier molecular flexibility index (Phi) is 4.35. The molecule has 0 spiro atoms. The summed E-state index contributed by atoms with van der Waals surface area (Å²) in [5.74, 6) is 0.674. The smallest absolute Gasteiger partial charge is 0.304 e. The lowest BCUT2D eigenvalue weighted by Gasteiger charge is -2.23. The minimum Gasteiger partial charge on any atom is -0.493 e. The molecule has 2 fully saturated rings. The van der Waals surface area contributed by atoms with Crippen molar-refractivity contribution in [2.75, 3.05) is 7.11 Å². The Morgan fingerprint density at radius 1 is 1.36 bits per heavy atom. The number of rotatable bonds is 6. The van der Waals surface area contributed by atoms with Gasteiger partial charge in [-0.2, -0.15) is 0 Å². The van der Waals surface area contributed by atoms with Crippen molar-refractivity contribution in [2.24, 2.45) is 0 Å². The third-order valence-electron chi connectivity index (χ3n) is 4.74. The van der Waals surface area contributed by atoms with Gasteiger partial charge in [0.15, 0.2) is 11.5 Å². The van der Waals surface area contributed by atoms with Gasteiger partial charge < -0.3 is 14.6 Å². The van der Waals surface area contributed by atoms with Gasteiger partial charge in [0.1, 0.15) is 0 Å². The maximum absolute atomic E-state index is 11.2. The molecule has 2 saturated carbocycles. The summed E-state index contributed by atoms with van der Waals surface area (Å²) in [7, 11) is 1.63. The van der Waals surface area contributed by atoms with Crippen LogP contribution in [0.3, 0.4) is 0 Å². The zero-order valence-electron chi connectivity index (χ0n) is 12.7. The van der Waals surface area contributed by atoms with Crippen LogP contribution in [0.1, 0.15) is 50.5 Å². The SMILES string of the molecule is COc1cc(Br)cc(C2(CC(=O)O)CC2)c1OC1CCCC1. The number of methoxy groups -OCH3 is 1. The van der Waals surface area contributed by atoms with E-state index in [2.05, 4.69) is 15.9 Å². The van der Waals surface area contributed by atoms with E-state index in [0.29, 0.717) is 5.75 Å². The van der Waals surface area contributed by atoms with Crippen molar-refractivity contribution >= 4 is 21.9 Å². The van der Waals surface area contributed by atoms with Gasteiger partial charge in [0.25, 0.3) is 0 Å². The number of carboxylic acid groups (broad SMARTS) is 1. The van der Waals surface area contributed by atoms with Crippen LogP contribution < -0.4 is 9.47 Å².